The Labute approximate surface area is 131 Å². The van der Waals surface area contributed by atoms with Crippen molar-refractivity contribution in [3.8, 4) is 11.5 Å². The molecule has 0 saturated carbocycles. The lowest BCUT2D eigenvalue weighted by molar-refractivity contribution is -0.0195. The zero-order chi connectivity index (χ0) is 17.0. The predicted molar refractivity (Wildman–Crippen MR) is 78.1 cm³/mol. The van der Waals surface area contributed by atoms with E-state index in [9.17, 15) is 9.59 Å². The molecule has 7 heteroatoms. The van der Waals surface area contributed by atoms with Gasteiger partial charge < -0.3 is 25.2 Å². The van der Waals surface area contributed by atoms with Crippen molar-refractivity contribution < 1.29 is 34.8 Å². The summed E-state index contributed by atoms with van der Waals surface area (Å²) in [7, 11) is 0. The summed E-state index contributed by atoms with van der Waals surface area (Å²) in [5.41, 5.74) is 0.260. The number of aliphatic hydroxyl groups is 4. The van der Waals surface area contributed by atoms with E-state index in [0.717, 1.165) is 0 Å². The summed E-state index contributed by atoms with van der Waals surface area (Å²) in [6, 6.07) is 11.5. The average Bonchev–Trinajstić information content (AvgIpc) is 2.54. The van der Waals surface area contributed by atoms with E-state index in [0.29, 0.717) is 11.5 Å². The molecule has 0 fully saturated rings. The molecule has 0 amide bonds. The largest absolute Gasteiger partial charge is 0.457 e. The van der Waals surface area contributed by atoms with Crippen molar-refractivity contribution in [2.75, 3.05) is 0 Å². The van der Waals surface area contributed by atoms with Crippen molar-refractivity contribution in [1.82, 2.24) is 0 Å². The third kappa shape index (κ3) is 4.21. The van der Waals surface area contributed by atoms with Crippen molar-refractivity contribution in [3.05, 3.63) is 59.7 Å². The maximum absolute atomic E-state index is 11.4. The molecule has 4 N–H and O–H groups in total. The average molecular weight is 318 g/mol. The Morgan fingerprint density at radius 1 is 0.652 bits per heavy atom. The highest BCUT2D eigenvalue weighted by molar-refractivity contribution is 5.98. The van der Waals surface area contributed by atoms with Crippen LogP contribution in [-0.4, -0.2) is 44.6 Å². The van der Waals surface area contributed by atoms with Gasteiger partial charge >= 0.3 is 0 Å². The number of hydrogen-bond acceptors (Lipinski definition) is 7. The molecule has 0 heterocycles. The van der Waals surface area contributed by atoms with Crippen LogP contribution in [-0.2, 0) is 0 Å². The van der Waals surface area contributed by atoms with Gasteiger partial charge in [-0.15, -0.1) is 0 Å². The molecule has 0 bridgehead atoms. The Morgan fingerprint density at radius 2 is 0.957 bits per heavy atom. The standard InChI is InChI=1S/C16H14O7/c17-13(15(19)20)9-1-5-11(6-2-9)23-12-7-3-10(4-8-12)14(18)16(21)22/h1-8,15-16,19-22H. The molecule has 0 saturated heterocycles. The Morgan fingerprint density at radius 3 is 1.22 bits per heavy atom. The molecule has 0 unspecified atom stereocenters. The Kier molecular flexibility index (Phi) is 5.20. The molecular weight excluding hydrogens is 304 g/mol. The first kappa shape index (κ1) is 16.8. The minimum Gasteiger partial charge on any atom is -0.457 e. The number of hydrogen-bond donors (Lipinski definition) is 4. The molecule has 0 aromatic heterocycles. The number of carbonyl (C=O) groups is 2. The number of rotatable bonds is 6. The van der Waals surface area contributed by atoms with Gasteiger partial charge in [-0.1, -0.05) is 0 Å². The maximum atomic E-state index is 11.4. The van der Waals surface area contributed by atoms with E-state index >= 15 is 0 Å². The monoisotopic (exact) mass is 318 g/mol. The lowest BCUT2D eigenvalue weighted by Gasteiger charge is -2.08. The third-order valence-electron chi connectivity index (χ3n) is 2.98. The summed E-state index contributed by atoms with van der Waals surface area (Å²) in [4.78, 5) is 22.7. The van der Waals surface area contributed by atoms with Crippen LogP contribution in [0, 0.1) is 0 Å². The smallest absolute Gasteiger partial charge is 0.218 e. The number of ketones is 2. The fraction of sp³-hybridized carbons (Fsp3) is 0.125. The molecule has 0 radical (unpaired) electrons. The van der Waals surface area contributed by atoms with E-state index in [4.69, 9.17) is 25.2 Å². The highest BCUT2D eigenvalue weighted by Crippen LogP contribution is 2.22. The summed E-state index contributed by atoms with van der Waals surface area (Å²) < 4.78 is 5.50. The van der Waals surface area contributed by atoms with E-state index in [2.05, 4.69) is 0 Å². The number of benzene rings is 2. The normalized spacial score (nSPS) is 10.9. The third-order valence-corrected chi connectivity index (χ3v) is 2.98. The van der Waals surface area contributed by atoms with Crippen LogP contribution < -0.4 is 4.74 Å². The molecule has 23 heavy (non-hydrogen) atoms. The van der Waals surface area contributed by atoms with Crippen molar-refractivity contribution in [2.24, 2.45) is 0 Å². The molecule has 0 spiro atoms. The van der Waals surface area contributed by atoms with Crippen molar-refractivity contribution in [1.29, 1.82) is 0 Å². The second-order valence-electron chi connectivity index (χ2n) is 4.63. The number of carbonyl (C=O) groups excluding carboxylic acids is 2. The van der Waals surface area contributed by atoms with Crippen molar-refractivity contribution >= 4 is 11.6 Å². The van der Waals surface area contributed by atoms with E-state index in [1.165, 1.54) is 48.5 Å². The van der Waals surface area contributed by atoms with Crippen molar-refractivity contribution in [3.63, 3.8) is 0 Å². The van der Waals surface area contributed by atoms with E-state index < -0.39 is 24.1 Å². The number of Topliss-reactive ketones (excluding diaryl/α,β-unsaturated/α-hetero) is 2. The predicted octanol–water partition coefficient (Wildman–Crippen LogP) is 0.466. The molecule has 7 nitrogen and oxygen atoms in total. The fourth-order valence-corrected chi connectivity index (χ4v) is 1.81. The summed E-state index contributed by atoms with van der Waals surface area (Å²) in [5, 5.41) is 35.2. The summed E-state index contributed by atoms with van der Waals surface area (Å²) in [6.07, 6.45) is -4.12. The first-order chi connectivity index (χ1) is 10.9. The van der Waals surface area contributed by atoms with Gasteiger partial charge in [0.25, 0.3) is 0 Å². The lowest BCUT2D eigenvalue weighted by atomic mass is 10.1. The molecular formula is C16H14O7. The van der Waals surface area contributed by atoms with Crippen LogP contribution in [0.5, 0.6) is 11.5 Å². The second-order valence-corrected chi connectivity index (χ2v) is 4.63. The van der Waals surface area contributed by atoms with Gasteiger partial charge in [0.2, 0.25) is 24.1 Å². The van der Waals surface area contributed by atoms with Gasteiger partial charge in [-0.25, -0.2) is 0 Å². The van der Waals surface area contributed by atoms with Crippen LogP contribution in [0.1, 0.15) is 20.7 Å². The molecule has 0 aliphatic carbocycles. The van der Waals surface area contributed by atoms with Gasteiger partial charge in [-0.05, 0) is 48.5 Å². The summed E-state index contributed by atoms with van der Waals surface area (Å²) in [5.74, 6) is -0.838. The topological polar surface area (TPSA) is 124 Å². The Bertz CT molecular complexity index is 626. The highest BCUT2D eigenvalue weighted by atomic mass is 16.5. The molecule has 2 aromatic rings. The molecule has 2 aromatic carbocycles. The van der Waals surface area contributed by atoms with Crippen LogP contribution in [0.4, 0.5) is 0 Å². The van der Waals surface area contributed by atoms with Crippen LogP contribution in [0.25, 0.3) is 0 Å². The van der Waals surface area contributed by atoms with Gasteiger partial charge in [0, 0.05) is 11.1 Å². The van der Waals surface area contributed by atoms with Crippen molar-refractivity contribution in [2.45, 2.75) is 12.6 Å². The first-order valence-corrected chi connectivity index (χ1v) is 6.57. The Hall–Kier alpha value is -2.58. The zero-order valence-electron chi connectivity index (χ0n) is 11.8. The molecule has 0 atom stereocenters. The van der Waals surface area contributed by atoms with Gasteiger partial charge in [0.1, 0.15) is 11.5 Å². The minimum absolute atomic E-state index is 0.130. The summed E-state index contributed by atoms with van der Waals surface area (Å²) in [6.45, 7) is 0. The first-order valence-electron chi connectivity index (χ1n) is 6.57. The maximum Gasteiger partial charge on any atom is 0.218 e. The van der Waals surface area contributed by atoms with E-state index in [-0.39, 0.29) is 11.1 Å². The van der Waals surface area contributed by atoms with Crippen LogP contribution in [0.15, 0.2) is 48.5 Å². The van der Waals surface area contributed by atoms with Crippen LogP contribution >= 0.6 is 0 Å². The van der Waals surface area contributed by atoms with Gasteiger partial charge in [0.05, 0.1) is 0 Å². The van der Waals surface area contributed by atoms with Crippen LogP contribution in [0.3, 0.4) is 0 Å². The lowest BCUT2D eigenvalue weighted by Crippen LogP contribution is -2.19. The molecule has 120 valence electrons. The van der Waals surface area contributed by atoms with Gasteiger partial charge in [-0.2, -0.15) is 0 Å². The number of ether oxygens (including phenoxy) is 1. The van der Waals surface area contributed by atoms with Crippen LogP contribution in [0.2, 0.25) is 0 Å². The second kappa shape index (κ2) is 7.12. The number of aliphatic hydroxyl groups excluding tert-OH is 2. The highest BCUT2D eigenvalue weighted by Gasteiger charge is 2.14. The zero-order valence-corrected chi connectivity index (χ0v) is 11.8. The molecule has 0 aliphatic heterocycles. The van der Waals surface area contributed by atoms with Gasteiger partial charge in [0.15, 0.2) is 0 Å². The fourth-order valence-electron chi connectivity index (χ4n) is 1.81. The SMILES string of the molecule is O=C(c1ccc(Oc2ccc(C(=O)C(O)O)cc2)cc1)C(O)O. The minimum atomic E-state index is -2.06. The summed E-state index contributed by atoms with van der Waals surface area (Å²) >= 11 is 0. The quantitative estimate of drug-likeness (QED) is 0.450. The Balaban J connectivity index is 2.08. The molecule has 2 rings (SSSR count). The molecule has 0 aliphatic rings. The van der Waals surface area contributed by atoms with Gasteiger partial charge in [-0.3, -0.25) is 9.59 Å². The van der Waals surface area contributed by atoms with E-state index in [1.54, 1.807) is 0 Å². The van der Waals surface area contributed by atoms with E-state index in [1.807, 2.05) is 0 Å².